The molecule has 0 bridgehead atoms. The van der Waals surface area contributed by atoms with Crippen molar-refractivity contribution < 1.29 is 22.0 Å². The number of likely N-dealkylation sites (tertiary alicyclic amines) is 1. The first-order valence-electron chi connectivity index (χ1n) is 13.8. The highest BCUT2D eigenvalue weighted by Crippen LogP contribution is 2.54. The minimum Gasteiger partial charge on any atom is -0.330 e. The molecule has 224 valence electrons. The van der Waals surface area contributed by atoms with Crippen LogP contribution in [0.15, 0.2) is 61.2 Å². The van der Waals surface area contributed by atoms with Gasteiger partial charge in [0.05, 0.1) is 16.2 Å². The van der Waals surface area contributed by atoms with Crippen molar-refractivity contribution >= 4 is 39.1 Å². The van der Waals surface area contributed by atoms with Crippen molar-refractivity contribution in [3.8, 4) is 0 Å². The number of piperidine rings is 1. The van der Waals surface area contributed by atoms with E-state index in [-0.39, 0.29) is 22.0 Å². The number of amides is 1. The molecule has 4 atom stereocenters. The van der Waals surface area contributed by atoms with E-state index in [4.69, 9.17) is 23.2 Å². The molecular weight excluding hydrogens is 589 g/mol. The molecule has 0 aromatic heterocycles. The van der Waals surface area contributed by atoms with Gasteiger partial charge in [0.1, 0.15) is 0 Å². The molecular formula is C31H38Cl2F2N2O3S. The van der Waals surface area contributed by atoms with Gasteiger partial charge in [-0.2, -0.15) is 8.78 Å². The van der Waals surface area contributed by atoms with Crippen LogP contribution in [0.3, 0.4) is 0 Å². The van der Waals surface area contributed by atoms with Crippen molar-refractivity contribution in [3.05, 3.63) is 82.4 Å². The number of hydrogen-bond acceptors (Lipinski definition) is 3. The SMILES string of the molecule is C=CC[C@@]1(C)C[C@H](c2cccc(Cl)c2)[C@@H](c2ccc(Cl)cc2)N([C@H](CN(C(F)F)S(=O)(=O)C(C)(C)C)C2CC2)C1=O. The zero-order valence-electron chi connectivity index (χ0n) is 23.9. The van der Waals surface area contributed by atoms with Crippen molar-refractivity contribution in [2.24, 2.45) is 11.3 Å². The zero-order chi connectivity index (χ0) is 30.3. The summed E-state index contributed by atoms with van der Waals surface area (Å²) in [5, 5.41) is 1.07. The van der Waals surface area contributed by atoms with Crippen LogP contribution in [0.2, 0.25) is 10.0 Å². The summed E-state index contributed by atoms with van der Waals surface area (Å²) in [5.74, 6) is -0.566. The number of rotatable bonds is 10. The van der Waals surface area contributed by atoms with Crippen LogP contribution in [0.5, 0.6) is 0 Å². The molecule has 5 nitrogen and oxygen atoms in total. The molecule has 2 aromatic carbocycles. The molecule has 1 saturated heterocycles. The molecule has 1 aliphatic carbocycles. The van der Waals surface area contributed by atoms with E-state index in [9.17, 15) is 22.0 Å². The molecule has 4 rings (SSSR count). The predicted octanol–water partition coefficient (Wildman–Crippen LogP) is 8.06. The summed E-state index contributed by atoms with van der Waals surface area (Å²) in [5.41, 5.74) is 0.817. The molecule has 0 N–H and O–H groups in total. The van der Waals surface area contributed by atoms with Crippen LogP contribution in [-0.2, 0) is 14.8 Å². The smallest absolute Gasteiger partial charge is 0.307 e. The molecule has 2 fully saturated rings. The topological polar surface area (TPSA) is 57.7 Å². The largest absolute Gasteiger partial charge is 0.330 e. The molecule has 1 heterocycles. The van der Waals surface area contributed by atoms with Crippen LogP contribution < -0.4 is 0 Å². The number of alkyl halides is 2. The quantitative estimate of drug-likeness (QED) is 0.198. The van der Waals surface area contributed by atoms with Gasteiger partial charge in [-0.1, -0.05) is 60.5 Å². The molecule has 0 unspecified atom stereocenters. The van der Waals surface area contributed by atoms with Crippen molar-refractivity contribution in [2.75, 3.05) is 6.54 Å². The Labute approximate surface area is 252 Å². The summed E-state index contributed by atoms with van der Waals surface area (Å²) in [6.45, 7) is 6.23. The van der Waals surface area contributed by atoms with Gasteiger partial charge in [-0.3, -0.25) is 4.79 Å². The van der Waals surface area contributed by atoms with Gasteiger partial charge in [0.2, 0.25) is 15.9 Å². The number of hydrogen-bond donors (Lipinski definition) is 0. The van der Waals surface area contributed by atoms with E-state index in [2.05, 4.69) is 6.58 Å². The van der Waals surface area contributed by atoms with Crippen LogP contribution >= 0.6 is 23.2 Å². The Morgan fingerprint density at radius 3 is 2.24 bits per heavy atom. The molecule has 41 heavy (non-hydrogen) atoms. The van der Waals surface area contributed by atoms with Gasteiger partial charge in [0.15, 0.2) is 0 Å². The highest BCUT2D eigenvalue weighted by molar-refractivity contribution is 7.90. The first-order valence-corrected chi connectivity index (χ1v) is 16.0. The molecule has 2 aromatic rings. The second-order valence-electron chi connectivity index (χ2n) is 12.5. The summed E-state index contributed by atoms with van der Waals surface area (Å²) in [7, 11) is -4.40. The Kier molecular flexibility index (Phi) is 9.30. The Balaban J connectivity index is 1.93. The molecule has 0 spiro atoms. The maximum Gasteiger partial charge on any atom is 0.307 e. The Morgan fingerprint density at radius 2 is 1.73 bits per heavy atom. The Hall–Kier alpha value is -2.00. The second-order valence-corrected chi connectivity index (χ2v) is 16.0. The summed E-state index contributed by atoms with van der Waals surface area (Å²) < 4.78 is 54.7. The van der Waals surface area contributed by atoms with E-state index in [1.54, 1.807) is 29.2 Å². The molecule has 10 heteroatoms. The van der Waals surface area contributed by atoms with Gasteiger partial charge in [0, 0.05) is 28.5 Å². The molecule has 1 saturated carbocycles. The number of allylic oxidation sites excluding steroid dienone is 1. The van der Waals surface area contributed by atoms with Crippen LogP contribution in [0, 0.1) is 11.3 Å². The lowest BCUT2D eigenvalue weighted by Gasteiger charge is -2.53. The van der Waals surface area contributed by atoms with Crippen molar-refractivity contribution in [1.29, 1.82) is 0 Å². The lowest BCUT2D eigenvalue weighted by atomic mass is 9.67. The van der Waals surface area contributed by atoms with Gasteiger partial charge in [0.25, 0.3) is 0 Å². The third kappa shape index (κ3) is 6.51. The lowest BCUT2D eigenvalue weighted by molar-refractivity contribution is -0.156. The van der Waals surface area contributed by atoms with Gasteiger partial charge < -0.3 is 4.90 Å². The molecule has 1 amide bonds. The van der Waals surface area contributed by atoms with Gasteiger partial charge in [-0.05, 0) is 87.8 Å². The van der Waals surface area contributed by atoms with Crippen molar-refractivity contribution in [2.45, 2.75) is 82.7 Å². The minimum absolute atomic E-state index is 0.115. The average Bonchev–Trinajstić information content (AvgIpc) is 3.72. The summed E-state index contributed by atoms with van der Waals surface area (Å²) in [6.07, 6.45) is 3.99. The van der Waals surface area contributed by atoms with Crippen molar-refractivity contribution in [1.82, 2.24) is 9.21 Å². The van der Waals surface area contributed by atoms with Crippen LogP contribution in [-0.4, -0.2) is 47.4 Å². The maximum atomic E-state index is 14.6. The van der Waals surface area contributed by atoms with E-state index in [1.165, 1.54) is 20.8 Å². The highest BCUT2D eigenvalue weighted by Gasteiger charge is 2.55. The standard InChI is InChI=1S/C31H38Cl2F2N2O3S/c1-6-16-31(5)18-25(22-8-7-9-24(33)17-22)27(21-12-14-23(32)15-13-21)37(28(31)38)26(20-10-11-20)19-36(29(34)35)41(39,40)30(2,3)4/h6-9,12-15,17,20,25-27,29H,1,10-11,16,18-19H2,2-5H3/t25-,26-,27-,31+/m1/s1. The number of benzene rings is 2. The number of nitrogens with zero attached hydrogens (tertiary/aromatic N) is 2. The fraction of sp³-hybridized carbons (Fsp3) is 0.516. The average molecular weight is 628 g/mol. The fourth-order valence-corrected chi connectivity index (χ4v) is 7.60. The number of sulfonamides is 1. The Bertz CT molecular complexity index is 1380. The predicted molar refractivity (Wildman–Crippen MR) is 161 cm³/mol. The number of carbonyl (C=O) groups is 1. The van der Waals surface area contributed by atoms with Gasteiger partial charge in [-0.15, -0.1) is 10.9 Å². The molecule has 0 radical (unpaired) electrons. The number of halogens is 4. The lowest BCUT2D eigenvalue weighted by Crippen LogP contribution is -2.60. The van der Waals surface area contributed by atoms with Crippen LogP contribution in [0.1, 0.15) is 76.5 Å². The van der Waals surface area contributed by atoms with E-state index in [0.717, 1.165) is 11.1 Å². The fourth-order valence-electron chi connectivity index (χ4n) is 6.02. The highest BCUT2D eigenvalue weighted by atomic mass is 35.5. The number of carbonyl (C=O) groups excluding carboxylic acids is 1. The maximum absolute atomic E-state index is 14.6. The van der Waals surface area contributed by atoms with Gasteiger partial charge in [-0.25, -0.2) is 8.42 Å². The first kappa shape index (κ1) is 31.9. The zero-order valence-corrected chi connectivity index (χ0v) is 26.2. The summed E-state index contributed by atoms with van der Waals surface area (Å²) >= 11 is 12.7. The Morgan fingerprint density at radius 1 is 1.10 bits per heavy atom. The van der Waals surface area contributed by atoms with E-state index >= 15 is 0 Å². The third-order valence-corrected chi connectivity index (χ3v) is 11.3. The molecule has 2 aliphatic rings. The minimum atomic E-state index is -4.40. The first-order chi connectivity index (χ1) is 19.1. The van der Waals surface area contributed by atoms with Crippen LogP contribution in [0.25, 0.3) is 0 Å². The van der Waals surface area contributed by atoms with E-state index < -0.39 is 45.4 Å². The van der Waals surface area contributed by atoms with Gasteiger partial charge >= 0.3 is 6.55 Å². The van der Waals surface area contributed by atoms with E-state index in [0.29, 0.717) is 35.7 Å². The third-order valence-electron chi connectivity index (χ3n) is 8.38. The summed E-state index contributed by atoms with van der Waals surface area (Å²) in [4.78, 5) is 16.3. The second kappa shape index (κ2) is 11.9. The molecule has 1 aliphatic heterocycles. The normalized spacial score (nSPS) is 24.6. The monoisotopic (exact) mass is 626 g/mol. The van der Waals surface area contributed by atoms with Crippen molar-refractivity contribution in [3.63, 3.8) is 0 Å². The van der Waals surface area contributed by atoms with E-state index in [1.807, 2.05) is 37.3 Å². The van der Waals surface area contributed by atoms with Crippen LogP contribution in [0.4, 0.5) is 8.78 Å². The summed E-state index contributed by atoms with van der Waals surface area (Å²) in [6, 6.07) is 13.3.